The zero-order valence-corrected chi connectivity index (χ0v) is 92.8. The van der Waals surface area contributed by atoms with Crippen LogP contribution in [0.3, 0.4) is 0 Å². The van der Waals surface area contributed by atoms with E-state index in [1.807, 2.05) is 182 Å². The molecule has 2 aromatic heterocycles. The fourth-order valence-corrected chi connectivity index (χ4v) is 25.0. The molecule has 8 heterocycles. The van der Waals surface area contributed by atoms with E-state index in [2.05, 4.69) is 83.2 Å². The molecule has 0 aliphatic carbocycles. The van der Waals surface area contributed by atoms with Crippen LogP contribution in [0, 0.1) is 5.92 Å². The van der Waals surface area contributed by atoms with Crippen LogP contribution < -0.4 is 63.6 Å². The van der Waals surface area contributed by atoms with Crippen molar-refractivity contribution in [2.45, 2.75) is 273 Å². The van der Waals surface area contributed by atoms with E-state index in [0.29, 0.717) is 92.6 Å². The number of benzene rings is 5. The molecule has 5 aromatic carbocycles. The van der Waals surface area contributed by atoms with E-state index in [-0.39, 0.29) is 133 Å². The number of likely N-dealkylation sites (tertiary alicyclic amines) is 2. The highest BCUT2D eigenvalue weighted by molar-refractivity contribution is 8.22. The number of fused-ring (bicyclic) bond motifs is 2. The number of aliphatic hydroxyl groups is 3. The first-order valence-corrected chi connectivity index (χ1v) is 53.7. The van der Waals surface area contributed by atoms with E-state index >= 15 is 0 Å². The van der Waals surface area contributed by atoms with Crippen LogP contribution in [0.2, 0.25) is 0 Å². The third-order valence-corrected chi connectivity index (χ3v) is 32.8. The Kier molecular flexibility index (Phi) is 63.6. The number of aliphatic carboxylic acids is 1. The van der Waals surface area contributed by atoms with Gasteiger partial charge in [0.05, 0.1) is 74.7 Å². The van der Waals surface area contributed by atoms with Gasteiger partial charge in [-0.15, -0.1) is 118 Å². The number of hydrogen-bond acceptors (Lipinski definition) is 34. The number of carbonyl (C=O) groups is 12. The summed E-state index contributed by atoms with van der Waals surface area (Å²) >= 11 is 15.7. The van der Waals surface area contributed by atoms with Gasteiger partial charge in [-0.05, 0) is 155 Å². The molecule has 0 saturated carbocycles. The molecule has 3 spiro atoms. The van der Waals surface area contributed by atoms with Gasteiger partial charge in [-0.2, -0.15) is 10.5 Å². The van der Waals surface area contributed by atoms with E-state index < -0.39 is 113 Å². The van der Waals surface area contributed by atoms with Crippen molar-refractivity contribution in [3.63, 3.8) is 0 Å². The Bertz CT molecular complexity index is 5180. The molecule has 13 rings (SSSR count). The molecule has 150 heavy (non-hydrogen) atoms. The summed E-state index contributed by atoms with van der Waals surface area (Å²) in [4.78, 5) is 159. The maximum absolute atomic E-state index is 13.5. The third-order valence-electron chi connectivity index (χ3n) is 22.4. The molecule has 10 amide bonds. The summed E-state index contributed by atoms with van der Waals surface area (Å²) in [5.41, 5.74) is 9.13. The topological polar surface area (TPSA) is 575 Å². The number of aliphatic hydroxyl groups excluding tert-OH is 3. The minimum Gasteiger partial charge on any atom is -0.480 e. The Morgan fingerprint density at radius 3 is 1.12 bits per heavy atom. The van der Waals surface area contributed by atoms with Crippen molar-refractivity contribution < 1.29 is 113 Å². The van der Waals surface area contributed by atoms with Crippen molar-refractivity contribution in [1.29, 1.82) is 0 Å². The van der Waals surface area contributed by atoms with Crippen molar-refractivity contribution in [3.05, 3.63) is 156 Å². The quantitative estimate of drug-likeness (QED) is 0.00786. The molecule has 6 aliphatic heterocycles. The molecule has 0 bridgehead atoms. The van der Waals surface area contributed by atoms with Crippen LogP contribution in [0.5, 0.6) is 0 Å². The second-order valence-electron chi connectivity index (χ2n) is 36.8. The maximum atomic E-state index is 13.5. The number of nitrogens with one attached hydrogen (secondary N) is 9. The Morgan fingerprint density at radius 1 is 0.467 bits per heavy atom. The number of para-hydroxylation sites is 2. The second-order valence-corrected chi connectivity index (χ2v) is 46.8. The number of amides is 10. The first kappa shape index (κ1) is 139. The zero-order valence-electron chi connectivity index (χ0n) is 84.7. The van der Waals surface area contributed by atoms with Crippen LogP contribution in [-0.4, -0.2) is 300 Å². The Labute approximate surface area is 927 Å². The molecule has 0 radical (unpaired) electrons. The third kappa shape index (κ3) is 45.8. The zero-order chi connectivity index (χ0) is 106. The van der Waals surface area contributed by atoms with Gasteiger partial charge in [0.25, 0.3) is 17.7 Å². The molecular formula is C99H154Cl4N18O23S6. The smallest absolute Gasteiger partial charge is 0.411 e. The Balaban J connectivity index is 0.000000921. The monoisotopic (exact) mass is 2290 g/mol. The molecule has 41 nitrogen and oxygen atoms in total. The molecular weight excluding hydrogens is 2140 g/mol. The maximum Gasteiger partial charge on any atom is 0.411 e. The van der Waals surface area contributed by atoms with Crippen LogP contribution in [0.25, 0.3) is 22.1 Å². The predicted octanol–water partition coefficient (Wildman–Crippen LogP) is 12.6. The molecule has 51 heteroatoms. The molecule has 12 atom stereocenters. The highest BCUT2D eigenvalue weighted by Crippen LogP contribution is 2.54. The van der Waals surface area contributed by atoms with Crippen LogP contribution in [-0.2, 0) is 57.4 Å². The summed E-state index contributed by atoms with van der Waals surface area (Å²) in [6.45, 7) is 27.1. The Hall–Kier alpha value is -9.28. The van der Waals surface area contributed by atoms with Crippen molar-refractivity contribution in [1.82, 2.24) is 88.0 Å². The summed E-state index contributed by atoms with van der Waals surface area (Å²) in [7, 11) is 0. The molecule has 9 unspecified atom stereocenters. The number of rotatable bonds is 33. The number of thioether (sulfide) groups is 6. The normalized spacial score (nSPS) is 17.7. The van der Waals surface area contributed by atoms with E-state index in [1.54, 1.807) is 125 Å². The lowest BCUT2D eigenvalue weighted by molar-refractivity contribution is -0.250. The van der Waals surface area contributed by atoms with Crippen molar-refractivity contribution in [2.75, 3.05) is 80.4 Å². The molecule has 6 aliphatic rings. The lowest BCUT2D eigenvalue weighted by atomic mass is 10.0. The van der Waals surface area contributed by atoms with Gasteiger partial charge in [0.2, 0.25) is 29.5 Å². The van der Waals surface area contributed by atoms with Crippen LogP contribution in [0.15, 0.2) is 140 Å². The van der Waals surface area contributed by atoms with E-state index in [1.165, 1.54) is 9.80 Å². The van der Waals surface area contributed by atoms with Gasteiger partial charge >= 0.3 is 23.6 Å². The minimum absolute atomic E-state index is 0. The first-order chi connectivity index (χ1) is 68.3. The minimum atomic E-state index is -1.57. The second kappa shape index (κ2) is 68.8. The van der Waals surface area contributed by atoms with Crippen molar-refractivity contribution in [3.8, 4) is 0 Å². The summed E-state index contributed by atoms with van der Waals surface area (Å²) in [5, 5.41) is 96.2. The summed E-state index contributed by atoms with van der Waals surface area (Å²) in [5.74, 6) is 1.76. The number of carboxylic acids is 1. The number of carbonyl (C=O) groups excluding carboxylic acids is 11. The number of halogens is 4. The van der Waals surface area contributed by atoms with Gasteiger partial charge in [0.15, 0.2) is 12.2 Å². The lowest BCUT2D eigenvalue weighted by Crippen LogP contribution is -2.55. The fourth-order valence-electron chi connectivity index (χ4n) is 15.3. The highest BCUT2D eigenvalue weighted by atomic mass is 35.5. The van der Waals surface area contributed by atoms with Crippen LogP contribution in [0.1, 0.15) is 212 Å². The SMILES string of the molecule is C.C.C.CC(C)(C)OC(=O)N1CC2(CC1C(=O)O)SCCS2.CC(C)COC(=O)Cl.CCCC(N)C(O)C(=O)NCC(=O)N[C@H](C)c1ccccc1.CCCC(NC(=O)C1CC2(CN1)SCCS2)C(O)C(=O)NCC(=O)N[C@H](C)c1ccccc1.CCCC(NC(=O)C1CC2(CN1C(=O)OC(C)(C)C)SCCS2)C(O)C(=O)NCC(=O)N[C@H](C)c1ccccc1.Cl.Cl.Cl.OOn1nnc2ccccc21.OOn1nnc2ccccc21. The Morgan fingerprint density at radius 2 is 0.793 bits per heavy atom. The van der Waals surface area contributed by atoms with E-state index in [9.17, 15) is 78.0 Å². The predicted molar refractivity (Wildman–Crippen MR) is 600 cm³/mol. The standard InChI is InChI=1S/C28H42N4O6S2.C23H34N4O4S2.C16H25N3O3.C12H19NO4S2.2C6H5N3O2.C5H9ClO2.3CH4.3ClH/c1-6-10-20(23(34)25(36)29-16-22(33)30-18(2)19-11-8-7-9-12-19)31-24(35)21-15-28(39-13-14-40-28)17-32(21)26(37)38-27(3,4)5;1-3-7-17(27-21(30)18-12-23(14-25-18)32-10-11-33-23)20(29)22(31)24-13-19(28)26-15(2)16-8-5-4-6-9-16;1-3-7-13(17)15(21)16(22)18-10-14(20)19-11(2)12-8-5-4-6-9-12;1-11(2,3)17-10(16)13-7-12(18-4-5-19-12)6-8(13)9(14)15;2*10-11-9-6-4-2-1-3-5(6)7-8-9;1-4(2)3-8-5(6)7;;;;;;/h7-9,11-12,18,20-21,23,34H,6,10,13-17H2,1-5H3,(H,29,36)(H,30,33)(H,31,35);4-6,8-9,15,17-18,20,25,29H,3,7,10-14H2,1-2H3,(H,24,31)(H,26,28)(H,27,30);4-6,8-9,11,13,15,21H,3,7,10,17H2,1-2H3,(H,18,22)(H,19,20);8H,4-7H2,1-3H3,(H,14,15);2*1-4,10H;4H,3H2,1-2H3;3*1H4;3*1H/t18-,20?,21?,23?;15-,17?,18?,20?;11-,13?,15?;;;;;;;;;;/m111........../s1. The first-order valence-electron chi connectivity index (χ1n) is 47.4. The average Bonchev–Trinajstić information content (AvgIpc) is 1.62. The number of nitrogens with two attached hydrogens (primary N) is 1. The fraction of sp³-hybridized carbons (Fsp3) is 0.576. The lowest BCUT2D eigenvalue weighted by Gasteiger charge is -2.30. The van der Waals surface area contributed by atoms with Gasteiger partial charge in [-0.3, -0.25) is 48.2 Å². The molecule has 7 aromatic rings. The van der Waals surface area contributed by atoms with Crippen LogP contribution in [0.4, 0.5) is 14.4 Å². The van der Waals surface area contributed by atoms with Gasteiger partial charge in [-0.1, -0.05) is 191 Å². The molecule has 6 fully saturated rings. The van der Waals surface area contributed by atoms with Gasteiger partial charge in [-0.25, -0.2) is 29.2 Å². The largest absolute Gasteiger partial charge is 0.480 e. The number of hydrogen-bond donors (Lipinski definition) is 16. The summed E-state index contributed by atoms with van der Waals surface area (Å²) in [6.07, 6.45) is -0.277. The van der Waals surface area contributed by atoms with Gasteiger partial charge in [0, 0.05) is 84.6 Å². The molecule has 842 valence electrons. The number of nitrogens with zero attached hydrogens (tertiary/aromatic N) is 8. The number of ether oxygens (including phenoxy) is 3. The highest BCUT2D eigenvalue weighted by Gasteiger charge is 2.55. The molecule has 6 saturated heterocycles. The van der Waals surface area contributed by atoms with Gasteiger partial charge < -0.3 is 88.2 Å². The molecule has 17 N–H and O–H groups in total. The number of carboxylic acid groups (broad SMARTS) is 1. The van der Waals surface area contributed by atoms with Gasteiger partial charge in [0.1, 0.15) is 51.5 Å². The summed E-state index contributed by atoms with van der Waals surface area (Å²) in [6, 6.07) is 38.1. The average molecular weight is 2300 g/mol. The number of aromatic nitrogens is 6. The summed E-state index contributed by atoms with van der Waals surface area (Å²) < 4.78 is 15.0. The van der Waals surface area contributed by atoms with E-state index in [4.69, 9.17) is 37.3 Å². The van der Waals surface area contributed by atoms with Crippen molar-refractivity contribution in [2.24, 2.45) is 11.7 Å². The van der Waals surface area contributed by atoms with E-state index in [0.717, 1.165) is 80.3 Å². The van der Waals surface area contributed by atoms with Crippen molar-refractivity contribution >= 4 is 212 Å². The van der Waals surface area contributed by atoms with Crippen LogP contribution >= 0.6 is 119 Å².